The van der Waals surface area contributed by atoms with Crippen LogP contribution in [-0.2, 0) is 25.3 Å². The summed E-state index contributed by atoms with van der Waals surface area (Å²) in [6.45, 7) is 1.28. The summed E-state index contributed by atoms with van der Waals surface area (Å²) in [6.07, 6.45) is 3.42. The van der Waals surface area contributed by atoms with Gasteiger partial charge < -0.3 is 14.7 Å². The van der Waals surface area contributed by atoms with Crippen LogP contribution in [0, 0.1) is 0 Å². The van der Waals surface area contributed by atoms with Gasteiger partial charge in [-0.1, -0.05) is 11.8 Å². The zero-order valence-electron chi connectivity index (χ0n) is 9.87. The molecule has 0 atom stereocenters. The topological polar surface area (TPSA) is 95.6 Å². The molecule has 0 aliphatic carbocycles. The third-order valence-electron chi connectivity index (χ3n) is 2.88. The van der Waals surface area contributed by atoms with Gasteiger partial charge in [0.2, 0.25) is 5.89 Å². The Morgan fingerprint density at radius 3 is 3.00 bits per heavy atom. The Morgan fingerprint density at radius 1 is 1.22 bits per heavy atom. The SMILES string of the molecule is NCc1nnc(SCc2nnc3n2CCCC3)o1. The normalized spacial score (nSPS) is 14.7. The van der Waals surface area contributed by atoms with Crippen LogP contribution in [0.25, 0.3) is 0 Å². The second kappa shape index (κ2) is 5.07. The van der Waals surface area contributed by atoms with E-state index in [1.807, 2.05) is 0 Å². The number of aromatic nitrogens is 5. The van der Waals surface area contributed by atoms with E-state index in [2.05, 4.69) is 25.0 Å². The van der Waals surface area contributed by atoms with Crippen molar-refractivity contribution in [2.75, 3.05) is 0 Å². The fourth-order valence-corrected chi connectivity index (χ4v) is 2.70. The van der Waals surface area contributed by atoms with Gasteiger partial charge in [-0.15, -0.1) is 20.4 Å². The zero-order chi connectivity index (χ0) is 12.4. The van der Waals surface area contributed by atoms with Crippen LogP contribution >= 0.6 is 11.8 Å². The lowest BCUT2D eigenvalue weighted by molar-refractivity contribution is 0.414. The lowest BCUT2D eigenvalue weighted by atomic mass is 10.2. The van der Waals surface area contributed by atoms with Crippen molar-refractivity contribution in [2.45, 2.75) is 43.3 Å². The van der Waals surface area contributed by atoms with E-state index in [4.69, 9.17) is 10.2 Å². The third kappa shape index (κ3) is 2.25. The molecule has 0 saturated heterocycles. The molecule has 96 valence electrons. The summed E-state index contributed by atoms with van der Waals surface area (Å²) in [5.74, 6) is 3.21. The summed E-state index contributed by atoms with van der Waals surface area (Å²) in [6, 6.07) is 0. The Morgan fingerprint density at radius 2 is 2.17 bits per heavy atom. The molecule has 0 radical (unpaired) electrons. The Kier molecular flexibility index (Phi) is 3.28. The summed E-state index contributed by atoms with van der Waals surface area (Å²) in [7, 11) is 0. The first-order valence-electron chi connectivity index (χ1n) is 5.93. The first-order chi connectivity index (χ1) is 8.86. The fourth-order valence-electron chi connectivity index (χ4n) is 1.98. The van der Waals surface area contributed by atoms with Gasteiger partial charge in [0, 0.05) is 13.0 Å². The first kappa shape index (κ1) is 11.7. The van der Waals surface area contributed by atoms with Gasteiger partial charge >= 0.3 is 0 Å². The Labute approximate surface area is 108 Å². The number of aryl methyl sites for hydroxylation is 1. The van der Waals surface area contributed by atoms with Crippen molar-refractivity contribution in [1.29, 1.82) is 0 Å². The van der Waals surface area contributed by atoms with E-state index in [9.17, 15) is 0 Å². The zero-order valence-corrected chi connectivity index (χ0v) is 10.7. The van der Waals surface area contributed by atoms with E-state index in [-0.39, 0.29) is 6.54 Å². The second-order valence-corrected chi connectivity index (χ2v) is 5.02. The van der Waals surface area contributed by atoms with Crippen LogP contribution in [0.2, 0.25) is 0 Å². The molecule has 0 bridgehead atoms. The predicted molar refractivity (Wildman–Crippen MR) is 64.7 cm³/mol. The van der Waals surface area contributed by atoms with E-state index < -0.39 is 0 Å². The van der Waals surface area contributed by atoms with Crippen LogP contribution in [0.4, 0.5) is 0 Å². The molecule has 3 rings (SSSR count). The van der Waals surface area contributed by atoms with Gasteiger partial charge in [-0.2, -0.15) is 0 Å². The van der Waals surface area contributed by atoms with E-state index in [0.717, 1.165) is 24.6 Å². The summed E-state index contributed by atoms with van der Waals surface area (Å²) in [5, 5.41) is 16.7. The minimum absolute atomic E-state index is 0.272. The highest BCUT2D eigenvalue weighted by Gasteiger charge is 2.16. The van der Waals surface area contributed by atoms with Crippen molar-refractivity contribution < 1.29 is 4.42 Å². The monoisotopic (exact) mass is 266 g/mol. The maximum Gasteiger partial charge on any atom is 0.277 e. The number of nitrogens with two attached hydrogens (primary N) is 1. The van der Waals surface area contributed by atoms with Crippen LogP contribution in [0.3, 0.4) is 0 Å². The van der Waals surface area contributed by atoms with E-state index >= 15 is 0 Å². The van der Waals surface area contributed by atoms with E-state index in [1.54, 1.807) is 0 Å². The van der Waals surface area contributed by atoms with Crippen molar-refractivity contribution >= 4 is 11.8 Å². The second-order valence-electron chi connectivity index (χ2n) is 4.10. The van der Waals surface area contributed by atoms with Crippen LogP contribution < -0.4 is 5.73 Å². The highest BCUT2D eigenvalue weighted by atomic mass is 32.2. The van der Waals surface area contributed by atoms with Gasteiger partial charge in [-0.25, -0.2) is 0 Å². The van der Waals surface area contributed by atoms with Crippen molar-refractivity contribution in [2.24, 2.45) is 5.73 Å². The molecule has 0 saturated carbocycles. The van der Waals surface area contributed by atoms with Gasteiger partial charge in [0.1, 0.15) is 11.6 Å². The third-order valence-corrected chi connectivity index (χ3v) is 3.70. The Hall–Kier alpha value is -1.41. The maximum atomic E-state index is 5.41. The molecule has 1 aliphatic rings. The lowest BCUT2D eigenvalue weighted by Crippen LogP contribution is -2.12. The number of fused-ring (bicyclic) bond motifs is 1. The van der Waals surface area contributed by atoms with E-state index in [0.29, 0.717) is 16.9 Å². The summed E-state index contributed by atoms with van der Waals surface area (Å²) in [4.78, 5) is 0. The number of rotatable bonds is 4. The number of nitrogens with zero attached hydrogens (tertiary/aromatic N) is 5. The number of thioether (sulfide) groups is 1. The smallest absolute Gasteiger partial charge is 0.277 e. The Balaban J connectivity index is 1.67. The molecule has 2 aromatic rings. The largest absolute Gasteiger partial charge is 0.415 e. The van der Waals surface area contributed by atoms with Gasteiger partial charge in [-0.3, -0.25) is 0 Å². The van der Waals surface area contributed by atoms with Gasteiger partial charge in [0.05, 0.1) is 12.3 Å². The maximum absolute atomic E-state index is 5.41. The molecule has 18 heavy (non-hydrogen) atoms. The number of hydrogen-bond acceptors (Lipinski definition) is 7. The fraction of sp³-hybridized carbons (Fsp3) is 0.600. The molecule has 0 fully saturated rings. The minimum atomic E-state index is 0.272. The molecule has 0 spiro atoms. The van der Waals surface area contributed by atoms with Crippen molar-refractivity contribution in [3.05, 3.63) is 17.5 Å². The highest BCUT2D eigenvalue weighted by Crippen LogP contribution is 2.22. The van der Waals surface area contributed by atoms with Gasteiger partial charge in [0.15, 0.2) is 0 Å². The van der Waals surface area contributed by atoms with Crippen LogP contribution in [0.15, 0.2) is 9.64 Å². The Bertz CT molecular complexity index is 536. The molecule has 2 N–H and O–H groups in total. The molecule has 1 aliphatic heterocycles. The van der Waals surface area contributed by atoms with Crippen LogP contribution in [-0.4, -0.2) is 25.0 Å². The first-order valence-corrected chi connectivity index (χ1v) is 6.91. The number of hydrogen-bond donors (Lipinski definition) is 1. The van der Waals surface area contributed by atoms with Crippen LogP contribution in [0.1, 0.15) is 30.4 Å². The van der Waals surface area contributed by atoms with Crippen molar-refractivity contribution in [3.8, 4) is 0 Å². The molecule has 2 aromatic heterocycles. The van der Waals surface area contributed by atoms with Crippen molar-refractivity contribution in [1.82, 2.24) is 25.0 Å². The molecule has 3 heterocycles. The molecule has 0 amide bonds. The molecule has 0 unspecified atom stereocenters. The standard InChI is InChI=1S/C10H14N6OS/c11-5-9-14-15-10(17-9)18-6-8-13-12-7-3-1-2-4-16(7)8/h1-6,11H2. The molecule has 7 nitrogen and oxygen atoms in total. The predicted octanol–water partition coefficient (Wildman–Crippen LogP) is 0.748. The van der Waals surface area contributed by atoms with Crippen LogP contribution in [0.5, 0.6) is 0 Å². The van der Waals surface area contributed by atoms with E-state index in [1.165, 1.54) is 24.6 Å². The van der Waals surface area contributed by atoms with Gasteiger partial charge in [-0.05, 0) is 12.8 Å². The quantitative estimate of drug-likeness (QED) is 0.815. The average Bonchev–Trinajstić information content (AvgIpc) is 3.03. The summed E-state index contributed by atoms with van der Waals surface area (Å²) in [5.41, 5.74) is 5.41. The molecular formula is C10H14N6OS. The summed E-state index contributed by atoms with van der Waals surface area (Å²) < 4.78 is 7.52. The minimum Gasteiger partial charge on any atom is -0.415 e. The molecular weight excluding hydrogens is 252 g/mol. The molecule has 0 aromatic carbocycles. The highest BCUT2D eigenvalue weighted by molar-refractivity contribution is 7.98. The van der Waals surface area contributed by atoms with Crippen molar-refractivity contribution in [3.63, 3.8) is 0 Å². The lowest BCUT2D eigenvalue weighted by Gasteiger charge is -2.13. The summed E-state index contributed by atoms with van der Waals surface area (Å²) >= 11 is 1.47. The van der Waals surface area contributed by atoms with Gasteiger partial charge in [0.25, 0.3) is 5.22 Å². The molecule has 8 heteroatoms. The average molecular weight is 266 g/mol.